The van der Waals surface area contributed by atoms with E-state index in [2.05, 4.69) is 22.9 Å². The zero-order valence-electron chi connectivity index (χ0n) is 16.5. The molecule has 30 heavy (non-hydrogen) atoms. The summed E-state index contributed by atoms with van der Waals surface area (Å²) in [5, 5.41) is 0.877. The van der Waals surface area contributed by atoms with Crippen LogP contribution in [0.15, 0.2) is 72.9 Å². The average molecular weight is 399 g/mol. The van der Waals surface area contributed by atoms with Crippen LogP contribution in [0.1, 0.15) is 16.7 Å². The van der Waals surface area contributed by atoms with Crippen LogP contribution in [0.5, 0.6) is 0 Å². The molecule has 0 spiro atoms. The summed E-state index contributed by atoms with van der Waals surface area (Å²) in [6.45, 7) is 0.678. The summed E-state index contributed by atoms with van der Waals surface area (Å²) < 4.78 is 32.2. The molecule has 0 bridgehead atoms. The zero-order chi connectivity index (χ0) is 20.9. The maximum absolute atomic E-state index is 13.8. The summed E-state index contributed by atoms with van der Waals surface area (Å²) >= 11 is 0. The number of pyridine rings is 1. The van der Waals surface area contributed by atoms with Crippen molar-refractivity contribution in [2.45, 2.75) is 6.42 Å². The molecule has 148 valence electrons. The Morgan fingerprint density at radius 1 is 0.867 bits per heavy atom. The summed E-state index contributed by atoms with van der Waals surface area (Å²) in [6.07, 6.45) is 2.71. The Morgan fingerprint density at radius 3 is 2.37 bits per heavy atom. The average Bonchev–Trinajstić information content (AvgIpc) is 2.79. The molecule has 0 saturated heterocycles. The number of hydrogen-bond acceptors (Lipinski definition) is 2. The number of benzene rings is 3. The lowest BCUT2D eigenvalue weighted by atomic mass is 10.1. The maximum atomic E-state index is 13.8. The van der Waals surface area contributed by atoms with Crippen LogP contribution in [0.4, 0.5) is 8.78 Å². The van der Waals surface area contributed by atoms with Gasteiger partial charge in [-0.2, -0.15) is 0 Å². The van der Waals surface area contributed by atoms with Gasteiger partial charge in [-0.1, -0.05) is 42.2 Å². The molecule has 4 heteroatoms. The van der Waals surface area contributed by atoms with Crippen molar-refractivity contribution in [3.63, 3.8) is 0 Å². The fraction of sp³-hybridized carbons (Fsp3) is 0.115. The number of halogens is 2. The van der Waals surface area contributed by atoms with Gasteiger partial charge in [-0.25, -0.2) is 8.78 Å². The monoisotopic (exact) mass is 399 g/mol. The lowest BCUT2D eigenvalue weighted by Gasteiger charge is -2.04. The fourth-order valence-corrected chi connectivity index (χ4v) is 3.17. The van der Waals surface area contributed by atoms with E-state index in [1.54, 1.807) is 31.4 Å². The maximum Gasteiger partial charge on any atom is 0.166 e. The molecule has 0 N–H and O–H groups in total. The van der Waals surface area contributed by atoms with E-state index in [4.69, 9.17) is 4.74 Å². The van der Waals surface area contributed by atoms with E-state index < -0.39 is 11.6 Å². The number of hydrogen-bond donors (Lipinski definition) is 0. The lowest BCUT2D eigenvalue weighted by Crippen LogP contribution is -1.95. The summed E-state index contributed by atoms with van der Waals surface area (Å²) in [6, 6.07) is 19.6. The molecule has 0 aliphatic heterocycles. The lowest BCUT2D eigenvalue weighted by molar-refractivity contribution is 0.202. The van der Waals surface area contributed by atoms with E-state index in [0.717, 1.165) is 40.4 Å². The topological polar surface area (TPSA) is 22.1 Å². The van der Waals surface area contributed by atoms with Crippen molar-refractivity contribution in [1.29, 1.82) is 0 Å². The first-order valence-corrected chi connectivity index (χ1v) is 9.58. The first-order valence-electron chi connectivity index (χ1n) is 9.58. The number of fused-ring (bicyclic) bond motifs is 1. The van der Waals surface area contributed by atoms with Crippen molar-refractivity contribution in [3.05, 3.63) is 101 Å². The first-order chi connectivity index (χ1) is 14.6. The molecule has 0 amide bonds. The van der Waals surface area contributed by atoms with Gasteiger partial charge in [-0.3, -0.25) is 4.98 Å². The van der Waals surface area contributed by atoms with Crippen molar-refractivity contribution in [3.8, 4) is 23.1 Å². The van der Waals surface area contributed by atoms with E-state index in [-0.39, 0.29) is 5.39 Å². The molecule has 0 fully saturated rings. The molecule has 0 unspecified atom stereocenters. The quantitative estimate of drug-likeness (QED) is 0.407. The van der Waals surface area contributed by atoms with E-state index >= 15 is 0 Å². The first kappa shape index (κ1) is 19.8. The molecule has 1 aromatic heterocycles. The van der Waals surface area contributed by atoms with Gasteiger partial charge in [-0.15, -0.1) is 0 Å². The molecule has 0 atom stereocenters. The van der Waals surface area contributed by atoms with E-state index in [1.165, 1.54) is 0 Å². The predicted octanol–water partition coefficient (Wildman–Crippen LogP) is 5.77. The van der Waals surface area contributed by atoms with Crippen LogP contribution in [0.2, 0.25) is 0 Å². The summed E-state index contributed by atoms with van der Waals surface area (Å²) in [5.74, 6) is 4.51. The Kier molecular flexibility index (Phi) is 5.83. The second-order valence-electron chi connectivity index (χ2n) is 6.92. The van der Waals surface area contributed by atoms with Crippen LogP contribution in [-0.4, -0.2) is 18.7 Å². The summed E-state index contributed by atoms with van der Waals surface area (Å²) in [4.78, 5) is 4.52. The highest BCUT2D eigenvalue weighted by atomic mass is 19.2. The molecule has 1 heterocycles. The van der Waals surface area contributed by atoms with Crippen LogP contribution in [0.3, 0.4) is 0 Å². The summed E-state index contributed by atoms with van der Waals surface area (Å²) in [7, 11) is 1.69. The molecule has 4 aromatic rings. The number of rotatable bonds is 4. The molecule has 3 aromatic carbocycles. The van der Waals surface area contributed by atoms with Gasteiger partial charge in [0.25, 0.3) is 0 Å². The van der Waals surface area contributed by atoms with Crippen LogP contribution in [0, 0.1) is 23.5 Å². The van der Waals surface area contributed by atoms with Crippen LogP contribution in [0.25, 0.3) is 22.0 Å². The third-order valence-electron chi connectivity index (χ3n) is 4.86. The Morgan fingerprint density at radius 2 is 1.63 bits per heavy atom. The van der Waals surface area contributed by atoms with Gasteiger partial charge in [0.15, 0.2) is 11.6 Å². The zero-order valence-corrected chi connectivity index (χ0v) is 16.5. The third kappa shape index (κ3) is 4.37. The van der Waals surface area contributed by atoms with Gasteiger partial charge in [0.05, 0.1) is 12.3 Å². The fourth-order valence-electron chi connectivity index (χ4n) is 3.17. The second-order valence-corrected chi connectivity index (χ2v) is 6.92. The van der Waals surface area contributed by atoms with Crippen LogP contribution >= 0.6 is 0 Å². The largest absolute Gasteiger partial charge is 0.384 e. The number of nitrogens with zero attached hydrogens (tertiary/aromatic N) is 1. The molecule has 0 aliphatic carbocycles. The SMILES string of the molecule is COCCc1ccc(-c2ccc(C#Cc3ccc4c(F)c(F)ccc4c3)cc2)nc1. The van der Waals surface area contributed by atoms with Gasteiger partial charge in [0, 0.05) is 35.4 Å². The molecule has 4 rings (SSSR count). The van der Waals surface area contributed by atoms with Gasteiger partial charge < -0.3 is 4.74 Å². The van der Waals surface area contributed by atoms with Gasteiger partial charge in [0.2, 0.25) is 0 Å². The smallest absolute Gasteiger partial charge is 0.166 e. The normalized spacial score (nSPS) is 10.6. The Labute approximate surface area is 174 Å². The molecular formula is C26H19F2NO. The minimum Gasteiger partial charge on any atom is -0.384 e. The Bertz CT molecular complexity index is 1240. The molecule has 0 radical (unpaired) electrons. The number of methoxy groups -OCH3 is 1. The standard InChI is InChI=1S/C26H19F2NO/c1-30-15-14-20-7-13-25(29-17-20)21-8-4-18(5-9-21)2-3-19-6-11-23-22(16-19)10-12-24(27)26(23)28/h4-13,16-17H,14-15H2,1H3. The minimum absolute atomic E-state index is 0.255. The predicted molar refractivity (Wildman–Crippen MR) is 115 cm³/mol. The molecule has 0 saturated carbocycles. The van der Waals surface area contributed by atoms with Gasteiger partial charge >= 0.3 is 0 Å². The second kappa shape index (κ2) is 8.86. The Balaban J connectivity index is 1.51. The number of aromatic nitrogens is 1. The molecule has 0 aliphatic rings. The van der Waals surface area contributed by atoms with Crippen molar-refractivity contribution in [2.24, 2.45) is 0 Å². The van der Waals surface area contributed by atoms with E-state index in [9.17, 15) is 8.78 Å². The van der Waals surface area contributed by atoms with Crippen LogP contribution < -0.4 is 0 Å². The molecule has 2 nitrogen and oxygen atoms in total. The number of ether oxygens (including phenoxy) is 1. The highest BCUT2D eigenvalue weighted by molar-refractivity contribution is 5.84. The minimum atomic E-state index is -0.847. The van der Waals surface area contributed by atoms with Crippen molar-refractivity contribution >= 4 is 10.8 Å². The highest BCUT2D eigenvalue weighted by Gasteiger charge is 2.06. The summed E-state index contributed by atoms with van der Waals surface area (Å²) in [5.41, 5.74) is 4.66. The van der Waals surface area contributed by atoms with Crippen molar-refractivity contribution in [1.82, 2.24) is 4.98 Å². The third-order valence-corrected chi connectivity index (χ3v) is 4.86. The Hall–Kier alpha value is -3.55. The van der Waals surface area contributed by atoms with Gasteiger partial charge in [-0.05, 0) is 53.8 Å². The van der Waals surface area contributed by atoms with E-state index in [1.807, 2.05) is 36.5 Å². The van der Waals surface area contributed by atoms with Crippen molar-refractivity contribution < 1.29 is 13.5 Å². The highest BCUT2D eigenvalue weighted by Crippen LogP contribution is 2.22. The van der Waals surface area contributed by atoms with Gasteiger partial charge in [0.1, 0.15) is 0 Å². The van der Waals surface area contributed by atoms with E-state index in [0.29, 0.717) is 12.0 Å². The molecular weight excluding hydrogens is 380 g/mol. The van der Waals surface area contributed by atoms with Crippen molar-refractivity contribution in [2.75, 3.05) is 13.7 Å². The van der Waals surface area contributed by atoms with Crippen LogP contribution in [-0.2, 0) is 11.2 Å².